The molecule has 0 saturated carbocycles. The Morgan fingerprint density at radius 1 is 1.29 bits per heavy atom. The standard InChI is InChI=1S/C19H22FN3O3S2/c1-12-4-9-15-17(11-12)27-19(21-15)22-18(24)16-3-2-10-23(16)28(25,26)14-7-5-13(20)6-8-14/h5-8,12,16H,2-4,9-11H2,1H3,(H,21,22,24)/t12?,16-/m0/s1. The largest absolute Gasteiger partial charge is 0.301 e. The van der Waals surface area contributed by atoms with Crippen molar-refractivity contribution in [2.24, 2.45) is 5.92 Å². The van der Waals surface area contributed by atoms with E-state index >= 15 is 0 Å². The number of carbonyl (C=O) groups excluding carboxylic acids is 1. The lowest BCUT2D eigenvalue weighted by Crippen LogP contribution is -2.43. The third-order valence-corrected chi connectivity index (χ3v) is 8.30. The van der Waals surface area contributed by atoms with Gasteiger partial charge in [0.05, 0.1) is 10.6 Å². The summed E-state index contributed by atoms with van der Waals surface area (Å²) in [4.78, 5) is 18.6. The number of aryl methyl sites for hydroxylation is 1. The van der Waals surface area contributed by atoms with Crippen molar-refractivity contribution in [1.82, 2.24) is 9.29 Å². The summed E-state index contributed by atoms with van der Waals surface area (Å²) in [6.45, 7) is 2.47. The quantitative estimate of drug-likeness (QED) is 0.819. The number of rotatable bonds is 4. The Bertz CT molecular complexity index is 988. The Labute approximate surface area is 167 Å². The van der Waals surface area contributed by atoms with Gasteiger partial charge in [-0.2, -0.15) is 4.31 Å². The van der Waals surface area contributed by atoms with Crippen molar-refractivity contribution in [3.8, 4) is 0 Å². The number of thiazole rings is 1. The lowest BCUT2D eigenvalue weighted by Gasteiger charge is -2.23. The van der Waals surface area contributed by atoms with Crippen LogP contribution in [0.3, 0.4) is 0 Å². The molecule has 1 aliphatic heterocycles. The summed E-state index contributed by atoms with van der Waals surface area (Å²) < 4.78 is 40.2. The van der Waals surface area contributed by atoms with Crippen molar-refractivity contribution in [2.75, 3.05) is 11.9 Å². The number of nitrogens with one attached hydrogen (secondary N) is 1. The number of hydrogen-bond donors (Lipinski definition) is 1. The first-order chi connectivity index (χ1) is 13.3. The van der Waals surface area contributed by atoms with Crippen LogP contribution in [-0.2, 0) is 27.7 Å². The van der Waals surface area contributed by atoms with E-state index in [0.29, 0.717) is 23.9 Å². The molecule has 1 aliphatic carbocycles. The minimum atomic E-state index is -3.86. The number of benzene rings is 1. The molecule has 150 valence electrons. The van der Waals surface area contributed by atoms with E-state index in [0.717, 1.165) is 37.1 Å². The Morgan fingerprint density at radius 3 is 2.79 bits per heavy atom. The molecule has 0 radical (unpaired) electrons. The van der Waals surface area contributed by atoms with Crippen LogP contribution in [0.1, 0.15) is 36.8 Å². The first-order valence-electron chi connectivity index (χ1n) is 9.41. The summed E-state index contributed by atoms with van der Waals surface area (Å²) >= 11 is 1.48. The molecule has 2 heterocycles. The number of hydrogen-bond acceptors (Lipinski definition) is 5. The molecule has 1 aromatic heterocycles. The second kappa shape index (κ2) is 7.53. The van der Waals surface area contributed by atoms with E-state index in [9.17, 15) is 17.6 Å². The van der Waals surface area contributed by atoms with Crippen LogP contribution in [-0.4, -0.2) is 36.2 Å². The van der Waals surface area contributed by atoms with Crippen LogP contribution in [0.5, 0.6) is 0 Å². The number of carbonyl (C=O) groups is 1. The van der Waals surface area contributed by atoms with E-state index in [-0.39, 0.29) is 17.3 Å². The minimum Gasteiger partial charge on any atom is -0.301 e. The summed E-state index contributed by atoms with van der Waals surface area (Å²) in [7, 11) is -3.86. The Balaban J connectivity index is 1.52. The van der Waals surface area contributed by atoms with Crippen LogP contribution in [0.2, 0.25) is 0 Å². The predicted octanol–water partition coefficient (Wildman–Crippen LogP) is 3.20. The SMILES string of the molecule is CC1CCc2nc(NC(=O)[C@@H]3CCCN3S(=O)(=O)c3ccc(F)cc3)sc2C1. The second-order valence-corrected chi connectivity index (χ2v) is 10.4. The van der Waals surface area contributed by atoms with Gasteiger partial charge in [-0.3, -0.25) is 4.79 Å². The van der Waals surface area contributed by atoms with Crippen LogP contribution in [0.25, 0.3) is 0 Å². The number of anilines is 1. The number of nitrogens with zero attached hydrogens (tertiary/aromatic N) is 2. The monoisotopic (exact) mass is 423 g/mol. The van der Waals surface area contributed by atoms with Crippen molar-refractivity contribution in [1.29, 1.82) is 0 Å². The summed E-state index contributed by atoms with van der Waals surface area (Å²) in [5.41, 5.74) is 1.04. The molecule has 1 fully saturated rings. The Morgan fingerprint density at radius 2 is 2.04 bits per heavy atom. The fourth-order valence-electron chi connectivity index (χ4n) is 3.81. The van der Waals surface area contributed by atoms with Gasteiger partial charge in [0, 0.05) is 11.4 Å². The van der Waals surface area contributed by atoms with Crippen molar-refractivity contribution >= 4 is 32.4 Å². The topological polar surface area (TPSA) is 79.4 Å². The molecule has 1 saturated heterocycles. The second-order valence-electron chi connectivity index (χ2n) is 7.45. The van der Waals surface area contributed by atoms with Crippen LogP contribution >= 0.6 is 11.3 Å². The molecular weight excluding hydrogens is 401 g/mol. The van der Waals surface area contributed by atoms with Gasteiger partial charge < -0.3 is 5.32 Å². The minimum absolute atomic E-state index is 0.00713. The van der Waals surface area contributed by atoms with Gasteiger partial charge in [-0.25, -0.2) is 17.8 Å². The number of fused-ring (bicyclic) bond motifs is 1. The van der Waals surface area contributed by atoms with Crippen molar-refractivity contribution in [3.63, 3.8) is 0 Å². The molecular formula is C19H22FN3O3S2. The van der Waals surface area contributed by atoms with Gasteiger partial charge >= 0.3 is 0 Å². The molecule has 0 spiro atoms. The van der Waals surface area contributed by atoms with Crippen molar-refractivity contribution < 1.29 is 17.6 Å². The number of aromatic nitrogens is 1. The van der Waals surface area contributed by atoms with E-state index in [2.05, 4.69) is 17.2 Å². The molecule has 2 atom stereocenters. The first-order valence-corrected chi connectivity index (χ1v) is 11.7. The normalized spacial score (nSPS) is 22.8. The lowest BCUT2D eigenvalue weighted by molar-refractivity contribution is -0.119. The molecule has 1 unspecified atom stereocenters. The zero-order valence-corrected chi connectivity index (χ0v) is 17.2. The highest BCUT2D eigenvalue weighted by atomic mass is 32.2. The maximum Gasteiger partial charge on any atom is 0.244 e. The van der Waals surface area contributed by atoms with E-state index in [1.807, 2.05) is 0 Å². The van der Waals surface area contributed by atoms with Gasteiger partial charge in [0.1, 0.15) is 11.9 Å². The molecule has 1 aromatic carbocycles. The van der Waals surface area contributed by atoms with Gasteiger partial charge in [0.2, 0.25) is 15.9 Å². The average molecular weight is 424 g/mol. The molecule has 2 aromatic rings. The Hall–Kier alpha value is -1.84. The maximum atomic E-state index is 13.1. The van der Waals surface area contributed by atoms with E-state index in [4.69, 9.17) is 0 Å². The molecule has 1 amide bonds. The van der Waals surface area contributed by atoms with Crippen LogP contribution in [0.15, 0.2) is 29.2 Å². The third-order valence-electron chi connectivity index (χ3n) is 5.34. The maximum absolute atomic E-state index is 13.1. The first kappa shape index (κ1) is 19.5. The zero-order chi connectivity index (χ0) is 19.9. The van der Waals surface area contributed by atoms with Crippen molar-refractivity contribution in [2.45, 2.75) is 50.0 Å². The third kappa shape index (κ3) is 3.70. The summed E-state index contributed by atoms with van der Waals surface area (Å²) in [6.07, 6.45) is 4.03. The van der Waals surface area contributed by atoms with Gasteiger partial charge in [-0.05, 0) is 62.3 Å². The fraction of sp³-hybridized carbons (Fsp3) is 0.474. The highest BCUT2D eigenvalue weighted by Gasteiger charge is 2.39. The van der Waals surface area contributed by atoms with E-state index in [1.165, 1.54) is 32.7 Å². The average Bonchev–Trinajstić information content (AvgIpc) is 3.28. The summed E-state index contributed by atoms with van der Waals surface area (Å²) in [5, 5.41) is 3.36. The predicted molar refractivity (Wildman–Crippen MR) is 105 cm³/mol. The fourth-order valence-corrected chi connectivity index (χ4v) is 6.64. The van der Waals surface area contributed by atoms with E-state index < -0.39 is 21.9 Å². The molecule has 28 heavy (non-hydrogen) atoms. The van der Waals surface area contributed by atoms with Crippen LogP contribution in [0, 0.1) is 11.7 Å². The molecule has 0 bridgehead atoms. The molecule has 2 aliphatic rings. The summed E-state index contributed by atoms with van der Waals surface area (Å²) in [6, 6.07) is 3.90. The number of sulfonamides is 1. The molecule has 1 N–H and O–H groups in total. The lowest BCUT2D eigenvalue weighted by atomic mass is 9.93. The summed E-state index contributed by atoms with van der Waals surface area (Å²) in [5.74, 6) is -0.248. The van der Waals surface area contributed by atoms with Crippen LogP contribution in [0.4, 0.5) is 9.52 Å². The smallest absolute Gasteiger partial charge is 0.244 e. The van der Waals surface area contributed by atoms with Crippen molar-refractivity contribution in [3.05, 3.63) is 40.7 Å². The Kier molecular flexibility index (Phi) is 5.24. The van der Waals surface area contributed by atoms with Gasteiger partial charge in [-0.15, -0.1) is 11.3 Å². The highest BCUT2D eigenvalue weighted by molar-refractivity contribution is 7.89. The van der Waals surface area contributed by atoms with Gasteiger partial charge in [-0.1, -0.05) is 6.92 Å². The van der Waals surface area contributed by atoms with Crippen LogP contribution < -0.4 is 5.32 Å². The highest BCUT2D eigenvalue weighted by Crippen LogP contribution is 2.33. The van der Waals surface area contributed by atoms with E-state index in [1.54, 1.807) is 0 Å². The molecule has 9 heteroatoms. The zero-order valence-electron chi connectivity index (χ0n) is 15.5. The number of halogens is 1. The molecule has 4 rings (SSSR count). The molecule has 6 nitrogen and oxygen atoms in total. The van der Waals surface area contributed by atoms with Gasteiger partial charge in [0.15, 0.2) is 5.13 Å². The van der Waals surface area contributed by atoms with Gasteiger partial charge in [0.25, 0.3) is 0 Å². The number of amides is 1.